The summed E-state index contributed by atoms with van der Waals surface area (Å²) in [5, 5.41) is 2.71. The number of hydrogen-bond acceptors (Lipinski definition) is 5. The quantitative estimate of drug-likeness (QED) is 0.588. The molecule has 0 atom stereocenters. The van der Waals surface area contributed by atoms with Gasteiger partial charge in [0.05, 0.1) is 29.0 Å². The Balaban J connectivity index is 1.79. The Morgan fingerprint density at radius 2 is 1.78 bits per heavy atom. The van der Waals surface area contributed by atoms with E-state index >= 15 is 0 Å². The molecule has 0 aliphatic carbocycles. The zero-order valence-electron chi connectivity index (χ0n) is 14.5. The number of benzene rings is 2. The molecule has 0 bridgehead atoms. The van der Waals surface area contributed by atoms with Crippen LogP contribution >= 0.6 is 11.8 Å². The van der Waals surface area contributed by atoms with Gasteiger partial charge in [0.25, 0.3) is 15.9 Å². The maximum absolute atomic E-state index is 12.7. The second-order valence-electron chi connectivity index (χ2n) is 5.59. The lowest BCUT2D eigenvalue weighted by atomic mass is 10.1. The van der Waals surface area contributed by atoms with E-state index in [-0.39, 0.29) is 22.7 Å². The van der Waals surface area contributed by atoms with E-state index in [9.17, 15) is 13.2 Å². The van der Waals surface area contributed by atoms with Gasteiger partial charge >= 0.3 is 0 Å². The number of anilines is 1. The molecule has 27 heavy (non-hydrogen) atoms. The zero-order chi connectivity index (χ0) is 19.3. The summed E-state index contributed by atoms with van der Waals surface area (Å²) in [5.41, 5.74) is 0.441. The van der Waals surface area contributed by atoms with Crippen molar-refractivity contribution in [1.82, 2.24) is 5.32 Å². The molecule has 0 aliphatic heterocycles. The number of carbonyl (C=O) groups is 1. The third kappa shape index (κ3) is 4.72. The first-order valence-electron chi connectivity index (χ1n) is 8.06. The summed E-state index contributed by atoms with van der Waals surface area (Å²) in [4.78, 5) is 13.6. The molecule has 0 saturated heterocycles. The number of thioether (sulfide) groups is 1. The van der Waals surface area contributed by atoms with Crippen molar-refractivity contribution in [2.45, 2.75) is 16.3 Å². The van der Waals surface area contributed by atoms with Crippen molar-refractivity contribution in [3.63, 3.8) is 0 Å². The molecule has 0 fully saturated rings. The van der Waals surface area contributed by atoms with E-state index in [1.54, 1.807) is 48.5 Å². The minimum atomic E-state index is -3.81. The molecule has 3 rings (SSSR count). The summed E-state index contributed by atoms with van der Waals surface area (Å²) >= 11 is 1.53. The van der Waals surface area contributed by atoms with Gasteiger partial charge in [0.15, 0.2) is 0 Å². The molecule has 1 heterocycles. The molecular formula is C19H18N2O4S2. The third-order valence-corrected chi connectivity index (χ3v) is 5.91. The molecule has 0 radical (unpaired) electrons. The van der Waals surface area contributed by atoms with Crippen molar-refractivity contribution in [2.24, 2.45) is 0 Å². The third-order valence-electron chi connectivity index (χ3n) is 3.79. The first-order chi connectivity index (χ1) is 13.0. The summed E-state index contributed by atoms with van der Waals surface area (Å²) in [7, 11) is -3.81. The van der Waals surface area contributed by atoms with Gasteiger partial charge < -0.3 is 9.73 Å². The van der Waals surface area contributed by atoms with E-state index in [2.05, 4.69) is 10.0 Å². The molecule has 0 aliphatic rings. The lowest BCUT2D eigenvalue weighted by molar-refractivity contribution is 0.0949. The highest BCUT2D eigenvalue weighted by Crippen LogP contribution is 2.22. The van der Waals surface area contributed by atoms with Gasteiger partial charge in [-0.05, 0) is 54.8 Å². The van der Waals surface area contributed by atoms with Gasteiger partial charge in [0, 0.05) is 4.90 Å². The van der Waals surface area contributed by atoms with E-state index < -0.39 is 15.9 Å². The molecule has 8 heteroatoms. The highest BCUT2D eigenvalue weighted by molar-refractivity contribution is 7.98. The predicted octanol–water partition coefficient (Wildman–Crippen LogP) is 3.73. The summed E-state index contributed by atoms with van der Waals surface area (Å²) in [5.74, 6) is 0.206. The Labute approximate surface area is 162 Å². The van der Waals surface area contributed by atoms with Gasteiger partial charge in [-0.15, -0.1) is 11.8 Å². The maximum atomic E-state index is 12.7. The maximum Gasteiger partial charge on any atom is 0.261 e. The number of nitrogens with one attached hydrogen (secondary N) is 2. The summed E-state index contributed by atoms with van der Waals surface area (Å²) in [6.45, 7) is 0.211. The normalized spacial score (nSPS) is 11.1. The molecule has 1 amide bonds. The number of sulfonamides is 1. The fourth-order valence-electron chi connectivity index (χ4n) is 2.40. The average molecular weight is 402 g/mol. The van der Waals surface area contributed by atoms with Crippen LogP contribution in [0.25, 0.3) is 0 Å². The van der Waals surface area contributed by atoms with Crippen LogP contribution in [0.15, 0.2) is 81.1 Å². The average Bonchev–Trinajstić information content (AvgIpc) is 3.20. The molecular weight excluding hydrogens is 384 g/mol. The van der Waals surface area contributed by atoms with Gasteiger partial charge in [-0.25, -0.2) is 8.42 Å². The van der Waals surface area contributed by atoms with Gasteiger partial charge in [-0.3, -0.25) is 9.52 Å². The first-order valence-corrected chi connectivity index (χ1v) is 10.8. The zero-order valence-corrected chi connectivity index (χ0v) is 16.1. The second kappa shape index (κ2) is 8.32. The van der Waals surface area contributed by atoms with Gasteiger partial charge in [-0.1, -0.05) is 12.1 Å². The molecule has 140 valence electrons. The Morgan fingerprint density at radius 1 is 1.04 bits per heavy atom. The second-order valence-corrected chi connectivity index (χ2v) is 8.15. The number of amides is 1. The molecule has 2 aromatic carbocycles. The van der Waals surface area contributed by atoms with Crippen LogP contribution in [0.4, 0.5) is 5.69 Å². The van der Waals surface area contributed by atoms with E-state index in [0.29, 0.717) is 5.76 Å². The van der Waals surface area contributed by atoms with Crippen molar-refractivity contribution in [1.29, 1.82) is 0 Å². The van der Waals surface area contributed by atoms with E-state index in [1.165, 1.54) is 30.2 Å². The van der Waals surface area contributed by atoms with E-state index in [1.807, 2.05) is 6.26 Å². The minimum absolute atomic E-state index is 0.131. The fraction of sp³-hybridized carbons (Fsp3) is 0.105. The summed E-state index contributed by atoms with van der Waals surface area (Å²) < 4.78 is 33.0. The van der Waals surface area contributed by atoms with Gasteiger partial charge in [-0.2, -0.15) is 0 Å². The van der Waals surface area contributed by atoms with Crippen molar-refractivity contribution >= 4 is 33.4 Å². The van der Waals surface area contributed by atoms with Crippen LogP contribution in [-0.2, 0) is 16.6 Å². The molecule has 0 spiro atoms. The standard InChI is InChI=1S/C19H18N2O4S2/c1-26-15-8-10-16(11-9-15)27(23,24)21-18-7-3-2-6-17(18)19(22)20-13-14-5-4-12-25-14/h2-12,21H,13H2,1H3,(H,20,22). The van der Waals surface area contributed by atoms with E-state index in [0.717, 1.165) is 4.90 Å². The molecule has 1 aromatic heterocycles. The van der Waals surface area contributed by atoms with Crippen molar-refractivity contribution in [3.05, 3.63) is 78.3 Å². The van der Waals surface area contributed by atoms with Crippen LogP contribution in [0.5, 0.6) is 0 Å². The fourth-order valence-corrected chi connectivity index (χ4v) is 3.89. The molecule has 0 saturated carbocycles. The Morgan fingerprint density at radius 3 is 2.44 bits per heavy atom. The van der Waals surface area contributed by atoms with Crippen LogP contribution < -0.4 is 10.0 Å². The van der Waals surface area contributed by atoms with Crippen molar-refractivity contribution < 1.29 is 17.6 Å². The highest BCUT2D eigenvalue weighted by Gasteiger charge is 2.18. The van der Waals surface area contributed by atoms with Crippen LogP contribution in [0, 0.1) is 0 Å². The van der Waals surface area contributed by atoms with Crippen LogP contribution in [0.1, 0.15) is 16.1 Å². The molecule has 0 unspecified atom stereocenters. The number of para-hydroxylation sites is 1. The van der Waals surface area contributed by atoms with Crippen LogP contribution in [-0.4, -0.2) is 20.6 Å². The molecule has 2 N–H and O–H groups in total. The topological polar surface area (TPSA) is 88.4 Å². The predicted molar refractivity (Wildman–Crippen MR) is 105 cm³/mol. The van der Waals surface area contributed by atoms with Crippen LogP contribution in [0.3, 0.4) is 0 Å². The lowest BCUT2D eigenvalue weighted by Crippen LogP contribution is -2.24. The van der Waals surface area contributed by atoms with Crippen molar-refractivity contribution in [3.8, 4) is 0 Å². The van der Waals surface area contributed by atoms with Crippen LogP contribution in [0.2, 0.25) is 0 Å². The number of carbonyl (C=O) groups excluding carboxylic acids is 1. The Bertz CT molecular complexity index is 1010. The highest BCUT2D eigenvalue weighted by atomic mass is 32.2. The number of furan rings is 1. The van der Waals surface area contributed by atoms with Gasteiger partial charge in [0.2, 0.25) is 0 Å². The minimum Gasteiger partial charge on any atom is -0.467 e. The van der Waals surface area contributed by atoms with Crippen molar-refractivity contribution in [2.75, 3.05) is 11.0 Å². The summed E-state index contributed by atoms with van der Waals surface area (Å²) in [6.07, 6.45) is 3.44. The largest absolute Gasteiger partial charge is 0.467 e. The Hall–Kier alpha value is -2.71. The lowest BCUT2D eigenvalue weighted by Gasteiger charge is -2.13. The molecule has 6 nitrogen and oxygen atoms in total. The summed E-state index contributed by atoms with van der Waals surface area (Å²) in [6, 6.07) is 16.5. The first kappa shape index (κ1) is 19.1. The Kier molecular flexibility index (Phi) is 5.88. The monoisotopic (exact) mass is 402 g/mol. The number of hydrogen-bond donors (Lipinski definition) is 2. The number of rotatable bonds is 7. The smallest absolute Gasteiger partial charge is 0.261 e. The SMILES string of the molecule is CSc1ccc(S(=O)(=O)Nc2ccccc2C(=O)NCc2ccco2)cc1. The molecule has 3 aromatic rings. The van der Waals surface area contributed by atoms with Gasteiger partial charge in [0.1, 0.15) is 5.76 Å². The van der Waals surface area contributed by atoms with E-state index in [4.69, 9.17) is 4.42 Å².